The average molecular weight is 244 g/mol. The highest BCUT2D eigenvalue weighted by Gasteiger charge is 1.98. The molecule has 0 bridgehead atoms. The summed E-state index contributed by atoms with van der Waals surface area (Å²) in [6.07, 6.45) is 1.72. The minimum atomic E-state index is 0.261. The van der Waals surface area contributed by atoms with Gasteiger partial charge in [0, 0.05) is 6.54 Å². The molecule has 4 heteroatoms. The topological polar surface area (TPSA) is 54.4 Å². The number of pyridine rings is 1. The van der Waals surface area contributed by atoms with Crippen LogP contribution in [0, 0.1) is 0 Å². The lowest BCUT2D eigenvalue weighted by molar-refractivity contribution is 0.304. The van der Waals surface area contributed by atoms with Gasteiger partial charge in [0.2, 0.25) is 0 Å². The smallest absolute Gasteiger partial charge is 0.138 e. The molecule has 0 aliphatic carbocycles. The van der Waals surface area contributed by atoms with E-state index in [2.05, 4.69) is 10.3 Å². The second-order valence-electron chi connectivity index (χ2n) is 3.97. The molecule has 4 nitrogen and oxygen atoms in total. The predicted molar refractivity (Wildman–Crippen MR) is 69.4 cm³/mol. The number of rotatable bonds is 5. The third-order valence-electron chi connectivity index (χ3n) is 2.50. The molecular weight excluding hydrogens is 228 g/mol. The minimum absolute atomic E-state index is 0.261. The Balaban J connectivity index is 1.91. The number of aromatic nitrogens is 1. The molecule has 0 unspecified atom stereocenters. The molecule has 0 aliphatic rings. The third kappa shape index (κ3) is 3.46. The van der Waals surface area contributed by atoms with Gasteiger partial charge in [-0.05, 0) is 36.9 Å². The Bertz CT molecular complexity index is 480. The Morgan fingerprint density at radius 3 is 2.56 bits per heavy atom. The molecule has 2 N–H and O–H groups in total. The zero-order valence-electron chi connectivity index (χ0n) is 10.3. The van der Waals surface area contributed by atoms with Gasteiger partial charge in [-0.1, -0.05) is 12.1 Å². The van der Waals surface area contributed by atoms with Gasteiger partial charge in [-0.15, -0.1) is 0 Å². The van der Waals surface area contributed by atoms with Crippen LogP contribution in [0.25, 0.3) is 0 Å². The van der Waals surface area contributed by atoms with Crippen LogP contribution in [0.5, 0.6) is 11.5 Å². The van der Waals surface area contributed by atoms with Crippen LogP contribution in [-0.2, 0) is 13.2 Å². The summed E-state index contributed by atoms with van der Waals surface area (Å²) in [6, 6.07) is 10.8. The third-order valence-corrected chi connectivity index (χ3v) is 2.50. The molecule has 0 radical (unpaired) electrons. The number of ether oxygens (including phenoxy) is 1. The van der Waals surface area contributed by atoms with Crippen molar-refractivity contribution in [1.82, 2.24) is 10.3 Å². The van der Waals surface area contributed by atoms with E-state index >= 15 is 0 Å². The van der Waals surface area contributed by atoms with E-state index in [1.165, 1.54) is 0 Å². The van der Waals surface area contributed by atoms with Gasteiger partial charge in [0.05, 0.1) is 11.9 Å². The molecule has 0 saturated carbocycles. The molecule has 0 spiro atoms. The molecule has 0 aliphatic heterocycles. The Morgan fingerprint density at radius 1 is 1.17 bits per heavy atom. The van der Waals surface area contributed by atoms with Crippen LogP contribution in [0.1, 0.15) is 11.3 Å². The highest BCUT2D eigenvalue weighted by atomic mass is 16.5. The minimum Gasteiger partial charge on any atom is -0.508 e. The van der Waals surface area contributed by atoms with Crippen LogP contribution in [0.15, 0.2) is 42.6 Å². The number of phenols is 1. The van der Waals surface area contributed by atoms with Gasteiger partial charge in [0.15, 0.2) is 0 Å². The van der Waals surface area contributed by atoms with Crippen LogP contribution >= 0.6 is 0 Å². The highest BCUT2D eigenvalue weighted by molar-refractivity contribution is 5.26. The monoisotopic (exact) mass is 244 g/mol. The predicted octanol–water partition coefficient (Wildman–Crippen LogP) is 2.09. The summed E-state index contributed by atoms with van der Waals surface area (Å²) in [7, 11) is 1.89. The van der Waals surface area contributed by atoms with Crippen molar-refractivity contribution in [3.05, 3.63) is 53.9 Å². The van der Waals surface area contributed by atoms with Gasteiger partial charge in [-0.3, -0.25) is 4.98 Å². The summed E-state index contributed by atoms with van der Waals surface area (Å²) in [4.78, 5) is 4.27. The fourth-order valence-corrected chi connectivity index (χ4v) is 1.54. The zero-order chi connectivity index (χ0) is 12.8. The number of benzene rings is 1. The Labute approximate surface area is 106 Å². The van der Waals surface area contributed by atoms with Crippen LogP contribution in [0.3, 0.4) is 0 Å². The van der Waals surface area contributed by atoms with E-state index < -0.39 is 0 Å². The molecule has 2 rings (SSSR count). The van der Waals surface area contributed by atoms with Gasteiger partial charge in [-0.2, -0.15) is 0 Å². The van der Waals surface area contributed by atoms with E-state index in [4.69, 9.17) is 9.84 Å². The molecule has 0 fully saturated rings. The van der Waals surface area contributed by atoms with Crippen molar-refractivity contribution in [1.29, 1.82) is 0 Å². The van der Waals surface area contributed by atoms with Crippen LogP contribution < -0.4 is 10.1 Å². The molecule has 2 aromatic rings. The number of nitrogens with one attached hydrogen (secondary N) is 1. The second kappa shape index (κ2) is 6.02. The van der Waals surface area contributed by atoms with Crippen LogP contribution in [0.4, 0.5) is 0 Å². The lowest BCUT2D eigenvalue weighted by Crippen LogP contribution is -2.06. The summed E-state index contributed by atoms with van der Waals surface area (Å²) >= 11 is 0. The van der Waals surface area contributed by atoms with E-state index in [1.807, 2.05) is 31.3 Å². The Kier molecular flexibility index (Phi) is 4.15. The first kappa shape index (κ1) is 12.4. The molecule has 1 aromatic heterocycles. The molecule has 18 heavy (non-hydrogen) atoms. The largest absolute Gasteiger partial charge is 0.508 e. The number of nitrogens with zero attached hydrogens (tertiary/aromatic N) is 1. The Hall–Kier alpha value is -2.07. The van der Waals surface area contributed by atoms with Gasteiger partial charge in [0.1, 0.15) is 18.1 Å². The molecule has 1 heterocycles. The van der Waals surface area contributed by atoms with Crippen molar-refractivity contribution in [3.63, 3.8) is 0 Å². The standard InChI is InChI=1S/C14H16N2O2/c1-15-8-12-4-7-14(9-16-12)18-10-11-2-5-13(17)6-3-11/h2-7,9,15,17H,8,10H2,1H3. The molecule has 0 atom stereocenters. The van der Waals surface area contributed by atoms with Gasteiger partial charge < -0.3 is 15.2 Å². The number of hydrogen-bond acceptors (Lipinski definition) is 4. The first-order valence-electron chi connectivity index (χ1n) is 5.78. The van der Waals surface area contributed by atoms with Gasteiger partial charge in [0.25, 0.3) is 0 Å². The lowest BCUT2D eigenvalue weighted by Gasteiger charge is -2.06. The van der Waals surface area contributed by atoms with Gasteiger partial charge >= 0.3 is 0 Å². The fraction of sp³-hybridized carbons (Fsp3) is 0.214. The van der Waals surface area contributed by atoms with Crippen molar-refractivity contribution in [2.24, 2.45) is 0 Å². The first-order chi connectivity index (χ1) is 8.78. The van der Waals surface area contributed by atoms with Crippen molar-refractivity contribution in [2.45, 2.75) is 13.2 Å². The highest BCUT2D eigenvalue weighted by Crippen LogP contribution is 2.14. The van der Waals surface area contributed by atoms with Crippen LogP contribution in [0.2, 0.25) is 0 Å². The number of phenolic OH excluding ortho intramolecular Hbond substituents is 1. The average Bonchev–Trinajstić information content (AvgIpc) is 2.40. The lowest BCUT2D eigenvalue weighted by atomic mass is 10.2. The maximum Gasteiger partial charge on any atom is 0.138 e. The van der Waals surface area contributed by atoms with E-state index in [1.54, 1.807) is 18.3 Å². The van der Waals surface area contributed by atoms with E-state index in [9.17, 15) is 0 Å². The maximum absolute atomic E-state index is 9.17. The maximum atomic E-state index is 9.17. The molecule has 0 saturated heterocycles. The SMILES string of the molecule is CNCc1ccc(OCc2ccc(O)cc2)cn1. The van der Waals surface area contributed by atoms with Crippen LogP contribution in [-0.4, -0.2) is 17.1 Å². The molecule has 94 valence electrons. The summed E-state index contributed by atoms with van der Waals surface area (Å²) in [5.74, 6) is 1.000. The van der Waals surface area contributed by atoms with Gasteiger partial charge in [-0.25, -0.2) is 0 Å². The van der Waals surface area contributed by atoms with Crippen molar-refractivity contribution in [2.75, 3.05) is 7.05 Å². The first-order valence-corrected chi connectivity index (χ1v) is 5.78. The van der Waals surface area contributed by atoms with E-state index in [-0.39, 0.29) is 5.75 Å². The molecule has 1 aromatic carbocycles. The summed E-state index contributed by atoms with van der Waals surface area (Å²) < 4.78 is 5.60. The Morgan fingerprint density at radius 2 is 1.94 bits per heavy atom. The van der Waals surface area contributed by atoms with Crippen molar-refractivity contribution >= 4 is 0 Å². The molecular formula is C14H16N2O2. The summed E-state index contributed by atoms with van der Waals surface area (Å²) in [5, 5.41) is 12.2. The summed E-state index contributed by atoms with van der Waals surface area (Å²) in [5.41, 5.74) is 1.99. The quantitative estimate of drug-likeness (QED) is 0.845. The fourth-order valence-electron chi connectivity index (χ4n) is 1.54. The van der Waals surface area contributed by atoms with E-state index in [0.717, 1.165) is 23.6 Å². The normalized spacial score (nSPS) is 10.3. The van der Waals surface area contributed by atoms with E-state index in [0.29, 0.717) is 6.61 Å². The summed E-state index contributed by atoms with van der Waals surface area (Å²) in [6.45, 7) is 1.21. The van der Waals surface area contributed by atoms with Crippen molar-refractivity contribution < 1.29 is 9.84 Å². The number of aromatic hydroxyl groups is 1. The van der Waals surface area contributed by atoms with Crippen molar-refractivity contribution in [3.8, 4) is 11.5 Å². The zero-order valence-corrected chi connectivity index (χ0v) is 10.3. The number of hydrogen-bond donors (Lipinski definition) is 2. The second-order valence-corrected chi connectivity index (χ2v) is 3.97. The molecule has 0 amide bonds.